The number of anilines is 2. The zero-order valence-corrected chi connectivity index (χ0v) is 18.9. The fourth-order valence-corrected chi connectivity index (χ4v) is 3.90. The molecule has 0 radical (unpaired) electrons. The first-order valence-electron chi connectivity index (χ1n) is 10.5. The molecule has 2 aromatic rings. The molecule has 7 heteroatoms. The van der Waals surface area contributed by atoms with E-state index < -0.39 is 0 Å². The van der Waals surface area contributed by atoms with E-state index in [2.05, 4.69) is 45.6 Å². The molecule has 1 saturated heterocycles. The van der Waals surface area contributed by atoms with Crippen LogP contribution in [-0.2, 0) is 11.3 Å². The number of nitrogens with one attached hydrogen (secondary N) is 2. The molecule has 5 nitrogen and oxygen atoms in total. The van der Waals surface area contributed by atoms with Crippen molar-refractivity contribution in [2.45, 2.75) is 32.7 Å². The molecular weight excluding hydrogens is 416 g/mol. The van der Waals surface area contributed by atoms with Gasteiger partial charge in [0.05, 0.1) is 0 Å². The van der Waals surface area contributed by atoms with Crippen LogP contribution in [0.3, 0.4) is 0 Å². The van der Waals surface area contributed by atoms with Crippen molar-refractivity contribution in [1.82, 2.24) is 10.2 Å². The number of hydrogen-bond donors (Lipinski definition) is 2. The minimum atomic E-state index is -0.0411. The van der Waals surface area contributed by atoms with Crippen molar-refractivity contribution in [1.29, 1.82) is 0 Å². The van der Waals surface area contributed by atoms with Crippen LogP contribution < -0.4 is 15.5 Å². The normalized spacial score (nSPS) is 14.4. The molecule has 0 saturated carbocycles. The second kappa shape index (κ2) is 11.3. The number of unbranched alkanes of at least 4 members (excludes halogenated alkanes) is 1. The van der Waals surface area contributed by atoms with Crippen LogP contribution in [0.2, 0.25) is 5.02 Å². The fourth-order valence-electron chi connectivity index (χ4n) is 3.48. The van der Waals surface area contributed by atoms with Crippen LogP contribution in [0.1, 0.15) is 31.7 Å². The summed E-state index contributed by atoms with van der Waals surface area (Å²) < 4.78 is 0. The van der Waals surface area contributed by atoms with Gasteiger partial charge in [0.25, 0.3) is 0 Å². The van der Waals surface area contributed by atoms with E-state index in [0.717, 1.165) is 56.3 Å². The largest absolute Gasteiger partial charge is 0.369 e. The van der Waals surface area contributed by atoms with Crippen LogP contribution in [0.15, 0.2) is 48.5 Å². The van der Waals surface area contributed by atoms with Crippen LogP contribution >= 0.6 is 23.8 Å². The van der Waals surface area contributed by atoms with Gasteiger partial charge in [-0.2, -0.15) is 0 Å². The van der Waals surface area contributed by atoms with Crippen molar-refractivity contribution >= 4 is 46.2 Å². The van der Waals surface area contributed by atoms with Gasteiger partial charge >= 0.3 is 0 Å². The van der Waals surface area contributed by atoms with Crippen LogP contribution in [0, 0.1) is 0 Å². The Morgan fingerprint density at radius 3 is 2.43 bits per heavy atom. The maximum Gasteiger partial charge on any atom is 0.226 e. The summed E-state index contributed by atoms with van der Waals surface area (Å²) >= 11 is 11.5. The summed E-state index contributed by atoms with van der Waals surface area (Å²) in [6.07, 6.45) is 2.36. The number of nitrogens with zero attached hydrogens (tertiary/aromatic N) is 2. The van der Waals surface area contributed by atoms with E-state index >= 15 is 0 Å². The number of piperazine rings is 1. The second-order valence-electron chi connectivity index (χ2n) is 7.51. The summed E-state index contributed by atoms with van der Waals surface area (Å²) in [4.78, 5) is 16.6. The number of benzene rings is 2. The van der Waals surface area contributed by atoms with Gasteiger partial charge in [0.15, 0.2) is 5.11 Å². The van der Waals surface area contributed by atoms with E-state index in [1.165, 1.54) is 11.3 Å². The van der Waals surface area contributed by atoms with Gasteiger partial charge in [-0.05, 0) is 54.5 Å². The Morgan fingerprint density at radius 1 is 1.07 bits per heavy atom. The van der Waals surface area contributed by atoms with Crippen LogP contribution in [-0.4, -0.2) is 42.1 Å². The van der Waals surface area contributed by atoms with E-state index in [9.17, 15) is 4.79 Å². The lowest BCUT2D eigenvalue weighted by atomic mass is 10.2. The van der Waals surface area contributed by atoms with Gasteiger partial charge in [0.2, 0.25) is 5.91 Å². The summed E-state index contributed by atoms with van der Waals surface area (Å²) in [6, 6.07) is 16.2. The lowest BCUT2D eigenvalue weighted by Crippen LogP contribution is -2.46. The smallest absolute Gasteiger partial charge is 0.226 e. The highest BCUT2D eigenvalue weighted by atomic mass is 35.5. The van der Waals surface area contributed by atoms with E-state index in [0.29, 0.717) is 11.5 Å². The molecule has 160 valence electrons. The van der Waals surface area contributed by atoms with Crippen molar-refractivity contribution in [2.24, 2.45) is 0 Å². The van der Waals surface area contributed by atoms with Gasteiger partial charge < -0.3 is 15.5 Å². The number of thiocarbonyl (C=S) groups is 1. The Kier molecular flexibility index (Phi) is 8.49. The van der Waals surface area contributed by atoms with Gasteiger partial charge in [-0.15, -0.1) is 0 Å². The van der Waals surface area contributed by atoms with Crippen LogP contribution in [0.25, 0.3) is 0 Å². The lowest BCUT2D eigenvalue weighted by molar-refractivity contribution is -0.119. The lowest BCUT2D eigenvalue weighted by Gasteiger charge is -2.36. The molecule has 1 aliphatic heterocycles. The van der Waals surface area contributed by atoms with Gasteiger partial charge in [0.1, 0.15) is 0 Å². The van der Waals surface area contributed by atoms with E-state index in [1.807, 2.05) is 30.3 Å². The van der Waals surface area contributed by atoms with Crippen molar-refractivity contribution in [3.8, 4) is 0 Å². The van der Waals surface area contributed by atoms with Crippen molar-refractivity contribution in [3.05, 3.63) is 59.1 Å². The summed E-state index contributed by atoms with van der Waals surface area (Å²) in [5.74, 6) is -0.0411. The first-order chi connectivity index (χ1) is 14.5. The zero-order valence-electron chi connectivity index (χ0n) is 17.4. The molecule has 2 N–H and O–H groups in total. The third-order valence-corrected chi connectivity index (χ3v) is 5.80. The molecule has 30 heavy (non-hydrogen) atoms. The highest BCUT2D eigenvalue weighted by Gasteiger charge is 2.18. The van der Waals surface area contributed by atoms with Gasteiger partial charge in [-0.3, -0.25) is 9.69 Å². The predicted molar refractivity (Wildman–Crippen MR) is 129 cm³/mol. The third kappa shape index (κ3) is 6.69. The molecule has 3 rings (SSSR count). The number of amides is 1. The molecule has 0 atom stereocenters. The summed E-state index contributed by atoms with van der Waals surface area (Å²) in [7, 11) is 0. The number of halogens is 1. The molecule has 1 aliphatic rings. The Morgan fingerprint density at radius 2 is 1.77 bits per heavy atom. The third-order valence-electron chi connectivity index (χ3n) is 5.22. The molecule has 1 fully saturated rings. The predicted octanol–water partition coefficient (Wildman–Crippen LogP) is 4.67. The first-order valence-corrected chi connectivity index (χ1v) is 11.3. The van der Waals surface area contributed by atoms with Crippen molar-refractivity contribution in [2.75, 3.05) is 36.4 Å². The number of rotatable bonds is 7. The highest BCUT2D eigenvalue weighted by Crippen LogP contribution is 2.22. The van der Waals surface area contributed by atoms with Crippen molar-refractivity contribution in [3.63, 3.8) is 0 Å². The minimum absolute atomic E-state index is 0.0411. The van der Waals surface area contributed by atoms with E-state index in [1.54, 1.807) is 0 Å². The molecule has 1 heterocycles. The van der Waals surface area contributed by atoms with Crippen LogP contribution in [0.5, 0.6) is 0 Å². The molecule has 1 amide bonds. The van der Waals surface area contributed by atoms with Crippen molar-refractivity contribution < 1.29 is 4.79 Å². The van der Waals surface area contributed by atoms with E-state index in [-0.39, 0.29) is 5.91 Å². The Balaban J connectivity index is 1.46. The fraction of sp³-hybridized carbons (Fsp3) is 0.391. The van der Waals surface area contributed by atoms with Gasteiger partial charge in [0, 0.05) is 55.5 Å². The number of hydrogen-bond acceptors (Lipinski definition) is 4. The highest BCUT2D eigenvalue weighted by molar-refractivity contribution is 7.80. The quantitative estimate of drug-likeness (QED) is 0.608. The zero-order chi connectivity index (χ0) is 21.3. The molecule has 0 bridgehead atoms. The minimum Gasteiger partial charge on any atom is -0.369 e. The molecule has 0 spiro atoms. The van der Waals surface area contributed by atoms with Gasteiger partial charge in [-0.25, -0.2) is 0 Å². The summed E-state index contributed by atoms with van der Waals surface area (Å²) in [6.45, 7) is 6.90. The number of carbonyl (C=O) groups excluding carboxylic acids is 1. The molecule has 2 aromatic carbocycles. The second-order valence-corrected chi connectivity index (χ2v) is 8.32. The molecule has 0 aliphatic carbocycles. The standard InChI is InChI=1S/C23H29ClN4OS/c1-2-3-8-22(29)26-23(30)25-19-9-11-20(12-10-19)28-15-13-27(14-16-28)17-18-6-4-5-7-21(18)24/h4-7,9-12H,2-3,8,13-17H2,1H3,(H2,25,26,29,30). The average Bonchev–Trinajstić information content (AvgIpc) is 2.75. The maximum atomic E-state index is 11.8. The Hall–Kier alpha value is -2.15. The van der Waals surface area contributed by atoms with E-state index in [4.69, 9.17) is 23.8 Å². The maximum absolute atomic E-state index is 11.8. The summed E-state index contributed by atoms with van der Waals surface area (Å²) in [5, 5.41) is 6.99. The Labute approximate surface area is 189 Å². The van der Waals surface area contributed by atoms with Gasteiger partial charge in [-0.1, -0.05) is 43.1 Å². The summed E-state index contributed by atoms with van der Waals surface area (Å²) in [5.41, 5.74) is 3.24. The Bertz CT molecular complexity index is 851. The monoisotopic (exact) mass is 444 g/mol. The molecule has 0 aromatic heterocycles. The molecule has 0 unspecified atom stereocenters. The average molecular weight is 445 g/mol. The number of carbonyl (C=O) groups is 1. The first kappa shape index (κ1) is 22.5. The SMILES string of the molecule is CCCCC(=O)NC(=S)Nc1ccc(N2CCN(Cc3ccccc3Cl)CC2)cc1. The van der Waals surface area contributed by atoms with Crippen LogP contribution in [0.4, 0.5) is 11.4 Å². The molecular formula is C23H29ClN4OS. The topological polar surface area (TPSA) is 47.6 Å².